The molecule has 222 valence electrons. The lowest BCUT2D eigenvalue weighted by Crippen LogP contribution is -2.46. The molecule has 0 spiro atoms. The molecule has 1 saturated heterocycles. The van der Waals surface area contributed by atoms with Crippen LogP contribution in [-0.4, -0.2) is 60.4 Å². The van der Waals surface area contributed by atoms with E-state index >= 15 is 4.39 Å². The Hall–Kier alpha value is -4.13. The fourth-order valence-electron chi connectivity index (χ4n) is 5.50. The van der Waals surface area contributed by atoms with Crippen LogP contribution in [0.15, 0.2) is 85.7 Å². The number of anilines is 2. The zero-order valence-corrected chi connectivity index (χ0v) is 24.8. The first-order valence-electron chi connectivity index (χ1n) is 13.8. The third kappa shape index (κ3) is 5.77. The van der Waals surface area contributed by atoms with Gasteiger partial charge in [-0.15, -0.1) is 0 Å². The molecule has 2 atom stereocenters. The molecule has 2 aromatic heterocycles. The fourth-order valence-corrected chi connectivity index (χ4v) is 5.99. The van der Waals surface area contributed by atoms with Gasteiger partial charge < -0.3 is 14.9 Å². The van der Waals surface area contributed by atoms with Crippen LogP contribution < -0.4 is 9.80 Å². The van der Waals surface area contributed by atoms with E-state index in [1.54, 1.807) is 17.8 Å². The van der Waals surface area contributed by atoms with Gasteiger partial charge in [-0.3, -0.25) is 4.57 Å². The summed E-state index contributed by atoms with van der Waals surface area (Å²) in [6.07, 6.45) is 4.29. The third-order valence-corrected chi connectivity index (χ3v) is 8.62. The molecule has 0 saturated carbocycles. The first-order chi connectivity index (χ1) is 20.7. The quantitative estimate of drug-likeness (QED) is 0.232. The van der Waals surface area contributed by atoms with Gasteiger partial charge in [0.25, 0.3) is 0 Å². The summed E-state index contributed by atoms with van der Waals surface area (Å²) in [5.41, 5.74) is 1.06. The largest absolute Gasteiger partial charge is 0.381 e. The molecule has 43 heavy (non-hydrogen) atoms. The maximum atomic E-state index is 15.0. The van der Waals surface area contributed by atoms with E-state index in [0.29, 0.717) is 4.77 Å². The number of aromatic nitrogens is 6. The number of piperazine rings is 1. The summed E-state index contributed by atoms with van der Waals surface area (Å²) in [7, 11) is 0. The number of halogens is 3. The topological polar surface area (TPSA) is 80.2 Å². The summed E-state index contributed by atoms with van der Waals surface area (Å²) in [4.78, 5) is 8.60. The van der Waals surface area contributed by atoms with Crippen molar-refractivity contribution >= 4 is 35.2 Å². The van der Waals surface area contributed by atoms with Crippen LogP contribution in [0.2, 0.25) is 5.02 Å². The van der Waals surface area contributed by atoms with E-state index in [2.05, 4.69) is 25.0 Å². The second kappa shape index (κ2) is 11.9. The normalized spacial score (nSPS) is 15.8. The molecule has 9 nitrogen and oxygen atoms in total. The second-order valence-corrected chi connectivity index (χ2v) is 11.3. The predicted molar refractivity (Wildman–Crippen MR) is 163 cm³/mol. The first kappa shape index (κ1) is 29.0. The van der Waals surface area contributed by atoms with Gasteiger partial charge in [0, 0.05) is 59.9 Å². The molecular weight excluding hydrogens is 594 g/mol. The monoisotopic (exact) mass is 622 g/mol. The van der Waals surface area contributed by atoms with Gasteiger partial charge in [-0.05, 0) is 73.7 Å². The number of nitrogens with zero attached hydrogens (tertiary/aromatic N) is 8. The molecule has 0 bridgehead atoms. The zero-order chi connectivity index (χ0) is 30.1. The molecule has 1 aliphatic rings. The highest BCUT2D eigenvalue weighted by Crippen LogP contribution is 2.37. The number of benzene rings is 3. The van der Waals surface area contributed by atoms with Crippen LogP contribution in [0.5, 0.6) is 0 Å². The van der Waals surface area contributed by atoms with Crippen molar-refractivity contribution in [3.05, 3.63) is 113 Å². The van der Waals surface area contributed by atoms with Gasteiger partial charge in [-0.1, -0.05) is 17.7 Å². The zero-order valence-electron chi connectivity index (χ0n) is 23.3. The van der Waals surface area contributed by atoms with Crippen molar-refractivity contribution in [2.24, 2.45) is 0 Å². The van der Waals surface area contributed by atoms with E-state index in [1.165, 1.54) is 28.1 Å². The van der Waals surface area contributed by atoms with Crippen LogP contribution >= 0.6 is 23.8 Å². The Kier molecular flexibility index (Phi) is 7.99. The summed E-state index contributed by atoms with van der Waals surface area (Å²) in [5.74, 6) is -1.63. The summed E-state index contributed by atoms with van der Waals surface area (Å²) in [6, 6.07) is 18.2. The van der Waals surface area contributed by atoms with E-state index < -0.39 is 23.3 Å². The van der Waals surface area contributed by atoms with Gasteiger partial charge >= 0.3 is 0 Å². The Morgan fingerprint density at radius 1 is 0.884 bits per heavy atom. The van der Waals surface area contributed by atoms with Crippen molar-refractivity contribution in [1.82, 2.24) is 29.1 Å². The average molecular weight is 623 g/mol. The molecular formula is C30H29ClF2N8OS. The average Bonchev–Trinajstić information content (AvgIpc) is 3.66. The van der Waals surface area contributed by atoms with Crippen LogP contribution in [0.25, 0.3) is 5.69 Å². The minimum absolute atomic E-state index is 0.103. The minimum Gasteiger partial charge on any atom is -0.381 e. The highest BCUT2D eigenvalue weighted by atomic mass is 35.5. The Bertz CT molecular complexity index is 1750. The van der Waals surface area contributed by atoms with Crippen molar-refractivity contribution in [3.63, 3.8) is 0 Å². The van der Waals surface area contributed by atoms with Crippen LogP contribution in [0.4, 0.5) is 20.2 Å². The van der Waals surface area contributed by atoms with E-state index in [4.69, 9.17) is 23.8 Å². The summed E-state index contributed by atoms with van der Waals surface area (Å²) in [6.45, 7) is 5.06. The summed E-state index contributed by atoms with van der Waals surface area (Å²) in [5, 5.41) is 21.2. The van der Waals surface area contributed by atoms with Gasteiger partial charge in [0.1, 0.15) is 36.2 Å². The number of aliphatic hydroxyl groups is 1. The van der Waals surface area contributed by atoms with Crippen molar-refractivity contribution in [2.75, 3.05) is 36.0 Å². The highest BCUT2D eigenvalue weighted by Gasteiger charge is 2.41. The highest BCUT2D eigenvalue weighted by molar-refractivity contribution is 7.71. The Balaban J connectivity index is 1.22. The van der Waals surface area contributed by atoms with Crippen molar-refractivity contribution < 1.29 is 13.9 Å². The van der Waals surface area contributed by atoms with Gasteiger partial charge in [0.2, 0.25) is 4.77 Å². The molecule has 3 heterocycles. The lowest BCUT2D eigenvalue weighted by molar-refractivity contribution is -0.0375. The SMILES string of the molecule is CC(n1ncn(-c2ccc(N3CCN(c4ccc(Cl)cc4)CC3)cc2)c1=S)C(O)(Cn1cncn1)c1ccc(F)cc1F. The van der Waals surface area contributed by atoms with Crippen molar-refractivity contribution in [3.8, 4) is 5.69 Å². The second-order valence-electron chi connectivity index (χ2n) is 10.5. The van der Waals surface area contributed by atoms with Crippen molar-refractivity contribution in [1.29, 1.82) is 0 Å². The first-order valence-corrected chi connectivity index (χ1v) is 14.5. The van der Waals surface area contributed by atoms with Crippen LogP contribution in [0.1, 0.15) is 18.5 Å². The van der Waals surface area contributed by atoms with Crippen molar-refractivity contribution in [2.45, 2.75) is 25.1 Å². The molecule has 1 aliphatic heterocycles. The molecule has 3 aromatic carbocycles. The molecule has 0 amide bonds. The van der Waals surface area contributed by atoms with Gasteiger partial charge in [0.15, 0.2) is 0 Å². The van der Waals surface area contributed by atoms with Gasteiger partial charge in [0.05, 0.1) is 12.6 Å². The summed E-state index contributed by atoms with van der Waals surface area (Å²) >= 11 is 11.8. The fraction of sp³-hybridized carbons (Fsp3) is 0.267. The Morgan fingerprint density at radius 2 is 1.49 bits per heavy atom. The van der Waals surface area contributed by atoms with E-state index in [0.717, 1.165) is 60.4 Å². The molecule has 6 rings (SSSR count). The molecule has 1 N–H and O–H groups in total. The van der Waals surface area contributed by atoms with E-state index in [-0.39, 0.29) is 12.1 Å². The lowest BCUT2D eigenvalue weighted by atomic mass is 9.86. The predicted octanol–water partition coefficient (Wildman–Crippen LogP) is 5.40. The molecule has 0 radical (unpaired) electrons. The molecule has 2 unspecified atom stereocenters. The van der Waals surface area contributed by atoms with Crippen LogP contribution in [-0.2, 0) is 12.1 Å². The van der Waals surface area contributed by atoms with Crippen LogP contribution in [0.3, 0.4) is 0 Å². The summed E-state index contributed by atoms with van der Waals surface area (Å²) < 4.78 is 33.6. The molecule has 1 fully saturated rings. The van der Waals surface area contributed by atoms with Crippen LogP contribution in [0, 0.1) is 16.4 Å². The van der Waals surface area contributed by atoms with E-state index in [1.807, 2.05) is 48.5 Å². The van der Waals surface area contributed by atoms with Gasteiger partial charge in [-0.25, -0.2) is 23.1 Å². The maximum Gasteiger partial charge on any atom is 0.202 e. The smallest absolute Gasteiger partial charge is 0.202 e. The maximum absolute atomic E-state index is 15.0. The molecule has 5 aromatic rings. The standard InChI is InChI=1S/C30H29ClF2N8OS/c1-21(30(42,17-39-19-34-18-35-39)27-11-4-23(32)16-28(27)33)41-29(43)40(20-36-41)26-9-7-25(8-10-26)38-14-12-37(13-15-38)24-5-2-22(31)3-6-24/h2-11,16,18-21,42H,12-15,17H2,1H3. The Labute approximate surface area is 257 Å². The Morgan fingerprint density at radius 3 is 2.07 bits per heavy atom. The minimum atomic E-state index is -1.89. The number of rotatable bonds is 8. The van der Waals surface area contributed by atoms with E-state index in [9.17, 15) is 9.50 Å². The lowest BCUT2D eigenvalue weighted by Gasteiger charge is -2.37. The third-order valence-electron chi connectivity index (χ3n) is 7.98. The molecule has 0 aliphatic carbocycles. The molecule has 13 heteroatoms. The van der Waals surface area contributed by atoms with Gasteiger partial charge in [-0.2, -0.15) is 10.2 Å². The number of hydrogen-bond donors (Lipinski definition) is 1. The number of hydrogen-bond acceptors (Lipinski definition) is 7.